The van der Waals surface area contributed by atoms with Gasteiger partial charge in [-0.2, -0.15) is 0 Å². The lowest BCUT2D eigenvalue weighted by molar-refractivity contribution is 0.154. The van der Waals surface area contributed by atoms with E-state index in [0.717, 1.165) is 19.5 Å². The average Bonchev–Trinajstić information content (AvgIpc) is 2.76. The Bertz CT molecular complexity index is 302. The van der Waals surface area contributed by atoms with Crippen molar-refractivity contribution in [2.45, 2.75) is 25.4 Å². The monoisotopic (exact) mass is 213 g/mol. The molecule has 0 amide bonds. The van der Waals surface area contributed by atoms with E-state index in [-0.39, 0.29) is 6.61 Å². The van der Waals surface area contributed by atoms with Crippen LogP contribution < -0.4 is 5.73 Å². The lowest BCUT2D eigenvalue weighted by atomic mass is 10.2. The second-order valence-corrected chi connectivity index (χ2v) is 4.76. The third kappa shape index (κ3) is 2.05. The fourth-order valence-corrected chi connectivity index (χ4v) is 2.62. The highest BCUT2D eigenvalue weighted by molar-refractivity contribution is 7.15. The highest BCUT2D eigenvalue weighted by Crippen LogP contribution is 2.22. The maximum atomic E-state index is 9.14. The van der Waals surface area contributed by atoms with Crippen molar-refractivity contribution in [3.63, 3.8) is 0 Å². The number of aliphatic hydroxyl groups is 1. The molecule has 0 bridgehead atoms. The zero-order valence-corrected chi connectivity index (χ0v) is 8.83. The number of thiazole rings is 1. The smallest absolute Gasteiger partial charge is 0.180 e. The van der Waals surface area contributed by atoms with Gasteiger partial charge in [0.15, 0.2) is 5.13 Å². The van der Waals surface area contributed by atoms with Gasteiger partial charge in [0.2, 0.25) is 0 Å². The third-order valence-corrected chi connectivity index (χ3v) is 3.45. The summed E-state index contributed by atoms with van der Waals surface area (Å²) in [5.74, 6) is 0. The molecule has 1 aromatic heterocycles. The molecule has 0 spiro atoms. The molecule has 1 fully saturated rings. The number of aliphatic hydroxyl groups excluding tert-OH is 1. The number of rotatable bonds is 3. The number of nitrogen functional groups attached to an aromatic ring is 1. The molecule has 78 valence electrons. The Hall–Kier alpha value is -0.650. The summed E-state index contributed by atoms with van der Waals surface area (Å²) in [5, 5.41) is 9.77. The van der Waals surface area contributed by atoms with Crippen LogP contribution in [0.25, 0.3) is 0 Å². The van der Waals surface area contributed by atoms with E-state index in [1.807, 2.05) is 6.20 Å². The normalized spacial score (nSPS) is 23.1. The van der Waals surface area contributed by atoms with Crippen LogP contribution >= 0.6 is 11.3 Å². The molecule has 0 radical (unpaired) electrons. The molecular formula is C9H15N3OS. The number of likely N-dealkylation sites (tertiary alicyclic amines) is 1. The standard InChI is InChI=1S/C9H15N3OS/c10-9-11-4-8(14-9)5-12-3-1-2-7(12)6-13/h4,7,13H,1-3,5-6H2,(H2,10,11)/t7-/m0/s1. The molecule has 2 heterocycles. The summed E-state index contributed by atoms with van der Waals surface area (Å²) in [4.78, 5) is 7.50. The van der Waals surface area contributed by atoms with Gasteiger partial charge in [-0.3, -0.25) is 4.90 Å². The van der Waals surface area contributed by atoms with Crippen LogP contribution in [0.5, 0.6) is 0 Å². The van der Waals surface area contributed by atoms with Crippen LogP contribution in [0.2, 0.25) is 0 Å². The zero-order valence-electron chi connectivity index (χ0n) is 8.02. The minimum Gasteiger partial charge on any atom is -0.395 e. The second kappa shape index (κ2) is 4.25. The first-order valence-electron chi connectivity index (χ1n) is 4.84. The van der Waals surface area contributed by atoms with Crippen molar-refractivity contribution in [2.75, 3.05) is 18.9 Å². The molecule has 5 heteroatoms. The highest BCUT2D eigenvalue weighted by atomic mass is 32.1. The minimum absolute atomic E-state index is 0.258. The first kappa shape index (κ1) is 9.89. The lowest BCUT2D eigenvalue weighted by Crippen LogP contribution is -2.31. The second-order valence-electron chi connectivity index (χ2n) is 3.61. The van der Waals surface area contributed by atoms with Gasteiger partial charge in [0.05, 0.1) is 6.61 Å². The van der Waals surface area contributed by atoms with Gasteiger partial charge < -0.3 is 10.8 Å². The van der Waals surface area contributed by atoms with E-state index in [4.69, 9.17) is 10.8 Å². The zero-order chi connectivity index (χ0) is 9.97. The van der Waals surface area contributed by atoms with Crippen molar-refractivity contribution in [3.8, 4) is 0 Å². The fourth-order valence-electron chi connectivity index (χ4n) is 1.91. The van der Waals surface area contributed by atoms with Gasteiger partial charge in [0.1, 0.15) is 0 Å². The van der Waals surface area contributed by atoms with Crippen LogP contribution in [-0.4, -0.2) is 34.2 Å². The van der Waals surface area contributed by atoms with Crippen LogP contribution in [0.1, 0.15) is 17.7 Å². The summed E-state index contributed by atoms with van der Waals surface area (Å²) in [5.41, 5.74) is 5.56. The Balaban J connectivity index is 1.96. The van der Waals surface area contributed by atoms with E-state index in [9.17, 15) is 0 Å². The maximum absolute atomic E-state index is 9.14. The van der Waals surface area contributed by atoms with Gasteiger partial charge in [-0.05, 0) is 19.4 Å². The maximum Gasteiger partial charge on any atom is 0.180 e. The van der Waals surface area contributed by atoms with E-state index in [0.29, 0.717) is 11.2 Å². The lowest BCUT2D eigenvalue weighted by Gasteiger charge is -2.21. The van der Waals surface area contributed by atoms with Crippen molar-refractivity contribution in [3.05, 3.63) is 11.1 Å². The van der Waals surface area contributed by atoms with Gasteiger partial charge in [-0.1, -0.05) is 0 Å². The number of nitrogens with zero attached hydrogens (tertiary/aromatic N) is 2. The van der Waals surface area contributed by atoms with Gasteiger partial charge in [-0.15, -0.1) is 11.3 Å². The summed E-state index contributed by atoms with van der Waals surface area (Å²) in [6, 6.07) is 0.332. The molecule has 4 nitrogen and oxygen atoms in total. The number of anilines is 1. The minimum atomic E-state index is 0.258. The largest absolute Gasteiger partial charge is 0.395 e. The van der Waals surface area contributed by atoms with E-state index in [1.54, 1.807) is 0 Å². The van der Waals surface area contributed by atoms with Crippen molar-refractivity contribution in [2.24, 2.45) is 0 Å². The summed E-state index contributed by atoms with van der Waals surface area (Å²) >= 11 is 1.53. The predicted octanol–water partition coefficient (Wildman–Crippen LogP) is 0.682. The number of hydrogen-bond donors (Lipinski definition) is 2. The molecule has 2 rings (SSSR count). The van der Waals surface area contributed by atoms with Crippen molar-refractivity contribution in [1.82, 2.24) is 9.88 Å². The Labute approximate surface area is 87.4 Å². The van der Waals surface area contributed by atoms with Crippen LogP contribution in [0, 0.1) is 0 Å². The van der Waals surface area contributed by atoms with Crippen LogP contribution in [0.3, 0.4) is 0 Å². The van der Waals surface area contributed by atoms with Gasteiger partial charge in [0, 0.05) is 23.7 Å². The molecule has 0 saturated carbocycles. The highest BCUT2D eigenvalue weighted by Gasteiger charge is 2.23. The number of hydrogen-bond acceptors (Lipinski definition) is 5. The molecule has 1 aromatic rings. The Kier molecular flexibility index (Phi) is 3.00. The molecule has 14 heavy (non-hydrogen) atoms. The van der Waals surface area contributed by atoms with E-state index >= 15 is 0 Å². The molecule has 3 N–H and O–H groups in total. The number of nitrogens with two attached hydrogens (primary N) is 1. The van der Waals surface area contributed by atoms with Crippen LogP contribution in [-0.2, 0) is 6.54 Å². The fraction of sp³-hybridized carbons (Fsp3) is 0.667. The summed E-state index contributed by atoms with van der Waals surface area (Å²) in [7, 11) is 0. The van der Waals surface area contributed by atoms with E-state index < -0.39 is 0 Å². The van der Waals surface area contributed by atoms with Crippen LogP contribution in [0.4, 0.5) is 5.13 Å². The van der Waals surface area contributed by atoms with E-state index in [1.165, 1.54) is 22.6 Å². The molecular weight excluding hydrogens is 198 g/mol. The van der Waals surface area contributed by atoms with Gasteiger partial charge in [-0.25, -0.2) is 4.98 Å². The van der Waals surface area contributed by atoms with E-state index in [2.05, 4.69) is 9.88 Å². The van der Waals surface area contributed by atoms with Crippen LogP contribution in [0.15, 0.2) is 6.20 Å². The summed E-state index contributed by atoms with van der Waals surface area (Å²) in [6.45, 7) is 2.21. The molecule has 1 saturated heterocycles. The average molecular weight is 213 g/mol. The van der Waals surface area contributed by atoms with Gasteiger partial charge >= 0.3 is 0 Å². The molecule has 1 aliphatic heterocycles. The quantitative estimate of drug-likeness (QED) is 0.775. The van der Waals surface area contributed by atoms with Gasteiger partial charge in [0.25, 0.3) is 0 Å². The van der Waals surface area contributed by atoms with Crippen molar-refractivity contribution >= 4 is 16.5 Å². The van der Waals surface area contributed by atoms with Crippen molar-refractivity contribution < 1.29 is 5.11 Å². The predicted molar refractivity (Wildman–Crippen MR) is 57.0 cm³/mol. The molecule has 0 aliphatic carbocycles. The molecule has 1 atom stereocenters. The first-order valence-corrected chi connectivity index (χ1v) is 5.66. The molecule has 0 aromatic carbocycles. The Morgan fingerprint density at radius 2 is 2.57 bits per heavy atom. The molecule has 0 unspecified atom stereocenters. The molecule has 1 aliphatic rings. The number of aromatic nitrogens is 1. The third-order valence-electron chi connectivity index (χ3n) is 2.64. The Morgan fingerprint density at radius 3 is 3.21 bits per heavy atom. The summed E-state index contributed by atoms with van der Waals surface area (Å²) in [6.07, 6.45) is 4.11. The Morgan fingerprint density at radius 1 is 1.71 bits per heavy atom. The first-order chi connectivity index (χ1) is 6.79. The SMILES string of the molecule is Nc1ncc(CN2CCC[C@H]2CO)s1. The van der Waals surface area contributed by atoms with Crippen molar-refractivity contribution in [1.29, 1.82) is 0 Å². The summed E-state index contributed by atoms with van der Waals surface area (Å²) < 4.78 is 0. The topological polar surface area (TPSA) is 62.4 Å².